The van der Waals surface area contributed by atoms with Crippen LogP contribution in [0.2, 0.25) is 0 Å². The summed E-state index contributed by atoms with van der Waals surface area (Å²) < 4.78 is 28.7. The van der Waals surface area contributed by atoms with Crippen LogP contribution in [-0.4, -0.2) is 20.0 Å². The van der Waals surface area contributed by atoms with Crippen molar-refractivity contribution in [3.05, 3.63) is 41.6 Å². The van der Waals surface area contributed by atoms with E-state index in [1.807, 2.05) is 6.92 Å². The first kappa shape index (κ1) is 15.1. The molecule has 1 heterocycles. The van der Waals surface area contributed by atoms with Gasteiger partial charge < -0.3 is 4.74 Å². The zero-order chi connectivity index (χ0) is 14.8. The molecule has 0 aliphatic rings. The van der Waals surface area contributed by atoms with E-state index in [2.05, 4.69) is 4.98 Å². The number of pyridine rings is 1. The predicted octanol–water partition coefficient (Wildman–Crippen LogP) is 3.68. The Morgan fingerprint density at radius 2 is 2.15 bits per heavy atom. The lowest BCUT2D eigenvalue weighted by molar-refractivity contribution is 0.356. The lowest BCUT2D eigenvalue weighted by Crippen LogP contribution is -2.01. The van der Waals surface area contributed by atoms with E-state index in [4.69, 9.17) is 27.0 Å². The van der Waals surface area contributed by atoms with E-state index in [1.165, 1.54) is 17.8 Å². The van der Waals surface area contributed by atoms with Gasteiger partial charge in [-0.2, -0.15) is 0 Å². The molecule has 20 heavy (non-hydrogen) atoms. The minimum Gasteiger partial charge on any atom is -0.489 e. The summed E-state index contributed by atoms with van der Waals surface area (Å²) in [7, 11) is 1.54. The summed E-state index contributed by atoms with van der Waals surface area (Å²) >= 11 is 5.57. The molecule has 4 nitrogen and oxygen atoms in total. The van der Waals surface area contributed by atoms with Gasteiger partial charge in [0.05, 0.1) is 5.52 Å². The van der Waals surface area contributed by atoms with Crippen LogP contribution in [0.15, 0.2) is 46.5 Å². The summed E-state index contributed by atoms with van der Waals surface area (Å²) in [5.74, 6) is 0.523. The molecule has 0 unspecified atom stereocenters. The summed E-state index contributed by atoms with van der Waals surface area (Å²) in [6, 6.07) is 6.36. The molecule has 0 saturated heterocycles. The Labute approximate surface area is 126 Å². The average molecular weight is 332 g/mol. The highest BCUT2D eigenvalue weighted by Gasteiger charge is 2.17. The standard InChI is InChI=1S/C13H11Cl2NO3S/c1-9(7-14)8-19-11-4-5-12(20(15,17)18)13-10(11)3-2-6-16-13/h2-7H,8H2,1H3/b9-7-. The first-order valence-corrected chi connectivity index (χ1v) is 8.39. The lowest BCUT2D eigenvalue weighted by atomic mass is 10.2. The van der Waals surface area contributed by atoms with Crippen LogP contribution in [-0.2, 0) is 9.05 Å². The Bertz CT molecular complexity index is 772. The van der Waals surface area contributed by atoms with Gasteiger partial charge in [0, 0.05) is 27.8 Å². The Morgan fingerprint density at radius 1 is 1.40 bits per heavy atom. The summed E-state index contributed by atoms with van der Waals surface area (Å²) in [5.41, 5.74) is 2.56. The second-order valence-electron chi connectivity index (χ2n) is 4.14. The molecule has 0 bridgehead atoms. The van der Waals surface area contributed by atoms with E-state index < -0.39 is 9.05 Å². The first-order chi connectivity index (χ1) is 9.43. The van der Waals surface area contributed by atoms with Crippen molar-refractivity contribution in [1.29, 1.82) is 0 Å². The number of halogens is 2. The number of hydrogen-bond acceptors (Lipinski definition) is 4. The average Bonchev–Trinajstić information content (AvgIpc) is 2.43. The van der Waals surface area contributed by atoms with Crippen LogP contribution in [0.3, 0.4) is 0 Å². The molecule has 1 aromatic heterocycles. The van der Waals surface area contributed by atoms with E-state index in [1.54, 1.807) is 18.2 Å². The smallest absolute Gasteiger partial charge is 0.263 e. The molecule has 7 heteroatoms. The van der Waals surface area contributed by atoms with Crippen LogP contribution in [0.1, 0.15) is 6.92 Å². The molecular weight excluding hydrogens is 321 g/mol. The van der Waals surface area contributed by atoms with Crippen molar-refractivity contribution in [2.45, 2.75) is 11.8 Å². The van der Waals surface area contributed by atoms with E-state index in [0.29, 0.717) is 17.7 Å². The van der Waals surface area contributed by atoms with Gasteiger partial charge in [0.1, 0.15) is 17.3 Å². The molecule has 2 aromatic rings. The molecule has 0 aliphatic carbocycles. The molecule has 2 rings (SSSR count). The Morgan fingerprint density at radius 3 is 2.80 bits per heavy atom. The molecule has 0 aliphatic heterocycles. The quantitative estimate of drug-likeness (QED) is 0.802. The SMILES string of the molecule is C/C(=C/Cl)COc1ccc(S(=O)(=O)Cl)c2ncccc12. The number of benzene rings is 1. The fourth-order valence-electron chi connectivity index (χ4n) is 1.67. The molecule has 0 spiro atoms. The highest BCUT2D eigenvalue weighted by molar-refractivity contribution is 8.14. The van der Waals surface area contributed by atoms with Gasteiger partial charge >= 0.3 is 0 Å². The molecule has 0 saturated carbocycles. The van der Waals surface area contributed by atoms with Crippen molar-refractivity contribution >= 4 is 42.2 Å². The van der Waals surface area contributed by atoms with Crippen LogP contribution in [0.4, 0.5) is 0 Å². The molecule has 0 amide bonds. The normalized spacial score (nSPS) is 12.7. The van der Waals surface area contributed by atoms with Crippen LogP contribution in [0.25, 0.3) is 10.9 Å². The fraction of sp³-hybridized carbons (Fsp3) is 0.154. The van der Waals surface area contributed by atoms with Crippen molar-refractivity contribution in [3.63, 3.8) is 0 Å². The number of ether oxygens (including phenoxy) is 1. The number of nitrogens with zero attached hydrogens (tertiary/aromatic N) is 1. The third-order valence-corrected chi connectivity index (χ3v) is 4.32. The number of fused-ring (bicyclic) bond motifs is 1. The maximum atomic E-state index is 11.5. The van der Waals surface area contributed by atoms with Crippen LogP contribution in [0, 0.1) is 0 Å². The van der Waals surface area contributed by atoms with Gasteiger partial charge in [0.2, 0.25) is 0 Å². The second-order valence-corrected chi connectivity index (χ2v) is 6.90. The minimum absolute atomic E-state index is 0.0354. The van der Waals surface area contributed by atoms with E-state index in [0.717, 1.165) is 5.57 Å². The Hall–Kier alpha value is -1.30. The maximum absolute atomic E-state index is 11.5. The summed E-state index contributed by atoms with van der Waals surface area (Å²) in [5, 5.41) is 0.580. The van der Waals surface area contributed by atoms with E-state index in [-0.39, 0.29) is 10.4 Å². The van der Waals surface area contributed by atoms with Crippen LogP contribution < -0.4 is 4.74 Å². The Kier molecular flexibility index (Phi) is 4.52. The molecule has 1 aromatic carbocycles. The van der Waals surface area contributed by atoms with Crippen molar-refractivity contribution in [3.8, 4) is 5.75 Å². The van der Waals surface area contributed by atoms with Crippen molar-refractivity contribution in [1.82, 2.24) is 4.98 Å². The number of aromatic nitrogens is 1. The van der Waals surface area contributed by atoms with Gasteiger partial charge in [0.25, 0.3) is 9.05 Å². The third-order valence-electron chi connectivity index (χ3n) is 2.60. The van der Waals surface area contributed by atoms with Gasteiger partial charge in [0.15, 0.2) is 0 Å². The van der Waals surface area contributed by atoms with Crippen LogP contribution >= 0.6 is 22.3 Å². The molecule has 0 N–H and O–H groups in total. The second kappa shape index (κ2) is 5.99. The van der Waals surface area contributed by atoms with E-state index in [9.17, 15) is 8.42 Å². The number of hydrogen-bond donors (Lipinski definition) is 0. The first-order valence-electron chi connectivity index (χ1n) is 5.64. The topological polar surface area (TPSA) is 56.3 Å². The van der Waals surface area contributed by atoms with Gasteiger partial charge in [-0.1, -0.05) is 11.6 Å². The molecule has 106 valence electrons. The van der Waals surface area contributed by atoms with Crippen LogP contribution in [0.5, 0.6) is 5.75 Å². The van der Waals surface area contributed by atoms with Gasteiger partial charge in [-0.25, -0.2) is 8.42 Å². The highest BCUT2D eigenvalue weighted by atomic mass is 35.7. The third kappa shape index (κ3) is 3.23. The van der Waals surface area contributed by atoms with Crippen molar-refractivity contribution in [2.75, 3.05) is 6.61 Å². The summed E-state index contributed by atoms with van der Waals surface area (Å²) in [4.78, 5) is 4.04. The minimum atomic E-state index is -3.86. The van der Waals surface area contributed by atoms with Crippen molar-refractivity contribution < 1.29 is 13.2 Å². The van der Waals surface area contributed by atoms with Gasteiger partial charge in [-0.05, 0) is 36.8 Å². The lowest BCUT2D eigenvalue weighted by Gasteiger charge is -2.10. The summed E-state index contributed by atoms with van der Waals surface area (Å²) in [6.45, 7) is 2.13. The largest absolute Gasteiger partial charge is 0.489 e. The zero-order valence-corrected chi connectivity index (χ0v) is 12.8. The number of rotatable bonds is 4. The Balaban J connectivity index is 2.55. The highest BCUT2D eigenvalue weighted by Crippen LogP contribution is 2.31. The maximum Gasteiger partial charge on any atom is 0.263 e. The molecule has 0 atom stereocenters. The summed E-state index contributed by atoms with van der Waals surface area (Å²) in [6.07, 6.45) is 1.50. The van der Waals surface area contributed by atoms with Gasteiger partial charge in [-0.15, -0.1) is 0 Å². The fourth-order valence-corrected chi connectivity index (χ4v) is 2.73. The predicted molar refractivity (Wildman–Crippen MR) is 79.9 cm³/mol. The molecule has 0 fully saturated rings. The zero-order valence-electron chi connectivity index (χ0n) is 10.5. The van der Waals surface area contributed by atoms with Crippen molar-refractivity contribution in [2.24, 2.45) is 0 Å². The monoisotopic (exact) mass is 331 g/mol. The molecule has 0 radical (unpaired) electrons. The van der Waals surface area contributed by atoms with Gasteiger partial charge in [-0.3, -0.25) is 4.98 Å². The molecular formula is C13H11Cl2NO3S. The van der Waals surface area contributed by atoms with E-state index >= 15 is 0 Å².